The molecule has 1 heterocycles. The molecule has 0 aliphatic heterocycles. The molecule has 1 atom stereocenters. The van der Waals surface area contributed by atoms with Gasteiger partial charge >= 0.3 is 0 Å². The number of nitrogens with one attached hydrogen (secondary N) is 1. The fraction of sp³-hybridized carbons (Fsp3) is 0.417. The van der Waals surface area contributed by atoms with Gasteiger partial charge in [-0.25, -0.2) is 0 Å². The fourth-order valence-corrected chi connectivity index (χ4v) is 1.56. The smallest absolute Gasteiger partial charge is 0.255 e. The van der Waals surface area contributed by atoms with Crippen molar-refractivity contribution in [2.45, 2.75) is 19.9 Å². The van der Waals surface area contributed by atoms with E-state index in [0.717, 1.165) is 0 Å². The van der Waals surface area contributed by atoms with E-state index in [1.165, 1.54) is 23.4 Å². The minimum absolute atomic E-state index is 0.147. The van der Waals surface area contributed by atoms with Crippen molar-refractivity contribution in [1.82, 2.24) is 15.2 Å². The van der Waals surface area contributed by atoms with Crippen molar-refractivity contribution in [1.29, 1.82) is 0 Å². The number of hydrogen-bond donors (Lipinski definition) is 1. The van der Waals surface area contributed by atoms with Crippen LogP contribution < -0.4 is 5.32 Å². The Hall–Kier alpha value is -1.62. The van der Waals surface area contributed by atoms with Crippen LogP contribution in [0.25, 0.3) is 0 Å². The van der Waals surface area contributed by atoms with Crippen LogP contribution in [0.1, 0.15) is 24.2 Å². The third-order valence-electron chi connectivity index (χ3n) is 2.58. The van der Waals surface area contributed by atoms with Gasteiger partial charge in [-0.15, -0.1) is 0 Å². The Kier molecular flexibility index (Phi) is 5.09. The molecule has 1 unspecified atom stereocenters. The highest BCUT2D eigenvalue weighted by atomic mass is 35.5. The van der Waals surface area contributed by atoms with Crippen LogP contribution in [-0.4, -0.2) is 41.3 Å². The summed E-state index contributed by atoms with van der Waals surface area (Å²) < 4.78 is 0. The summed E-state index contributed by atoms with van der Waals surface area (Å²) in [5.41, 5.74) is 0.262. The Morgan fingerprint density at radius 2 is 2.22 bits per heavy atom. The molecule has 18 heavy (non-hydrogen) atoms. The number of pyridine rings is 1. The molecule has 0 bridgehead atoms. The highest BCUT2D eigenvalue weighted by Crippen LogP contribution is 2.13. The van der Waals surface area contributed by atoms with Crippen molar-refractivity contribution in [3.63, 3.8) is 0 Å². The number of hydrogen-bond acceptors (Lipinski definition) is 3. The van der Waals surface area contributed by atoms with Gasteiger partial charge in [0, 0.05) is 26.0 Å². The van der Waals surface area contributed by atoms with Gasteiger partial charge in [0.15, 0.2) is 0 Å². The molecule has 0 aliphatic carbocycles. The molecule has 5 nitrogen and oxygen atoms in total. The van der Waals surface area contributed by atoms with Gasteiger partial charge in [0.25, 0.3) is 5.91 Å². The highest BCUT2D eigenvalue weighted by molar-refractivity contribution is 6.33. The molecule has 1 rings (SSSR count). The number of likely N-dealkylation sites (N-methyl/N-ethyl adjacent to an activating group) is 1. The molecular weight excluding hydrogens is 254 g/mol. The quantitative estimate of drug-likeness (QED) is 0.897. The molecule has 1 N–H and O–H groups in total. The van der Waals surface area contributed by atoms with E-state index in [9.17, 15) is 9.59 Å². The zero-order valence-corrected chi connectivity index (χ0v) is 11.4. The maximum Gasteiger partial charge on any atom is 0.255 e. The second-order valence-electron chi connectivity index (χ2n) is 3.90. The first-order valence-corrected chi connectivity index (χ1v) is 6.00. The van der Waals surface area contributed by atoms with Crippen LogP contribution in [0, 0.1) is 0 Å². The molecule has 98 valence electrons. The van der Waals surface area contributed by atoms with E-state index in [1.807, 2.05) is 6.92 Å². The van der Waals surface area contributed by atoms with Crippen LogP contribution in [0.4, 0.5) is 0 Å². The first kappa shape index (κ1) is 14.4. The minimum atomic E-state index is -0.598. The van der Waals surface area contributed by atoms with Crippen LogP contribution in [0.2, 0.25) is 5.02 Å². The predicted molar refractivity (Wildman–Crippen MR) is 69.5 cm³/mol. The Labute approximate surface area is 111 Å². The summed E-state index contributed by atoms with van der Waals surface area (Å²) in [4.78, 5) is 29.0. The summed E-state index contributed by atoms with van der Waals surface area (Å²) in [5, 5.41) is 2.91. The average Bonchev–Trinajstić information content (AvgIpc) is 2.37. The van der Waals surface area contributed by atoms with Crippen LogP contribution in [0.5, 0.6) is 0 Å². The molecule has 1 aromatic heterocycles. The van der Waals surface area contributed by atoms with Crippen LogP contribution in [-0.2, 0) is 4.79 Å². The number of carbonyl (C=O) groups excluding carboxylic acids is 2. The van der Waals surface area contributed by atoms with Crippen molar-refractivity contribution in [3.05, 3.63) is 29.0 Å². The van der Waals surface area contributed by atoms with E-state index < -0.39 is 11.9 Å². The van der Waals surface area contributed by atoms with E-state index in [1.54, 1.807) is 14.0 Å². The number of halogens is 1. The van der Waals surface area contributed by atoms with Crippen LogP contribution in [0.15, 0.2) is 18.5 Å². The van der Waals surface area contributed by atoms with Crippen LogP contribution in [0.3, 0.4) is 0 Å². The van der Waals surface area contributed by atoms with Crippen molar-refractivity contribution in [2.75, 3.05) is 13.6 Å². The fourth-order valence-electron chi connectivity index (χ4n) is 1.37. The van der Waals surface area contributed by atoms with Crippen molar-refractivity contribution >= 4 is 23.4 Å². The summed E-state index contributed by atoms with van der Waals surface area (Å²) in [6, 6.07) is 0.930. The third kappa shape index (κ3) is 3.43. The average molecular weight is 270 g/mol. The van der Waals surface area contributed by atoms with E-state index in [0.29, 0.717) is 11.6 Å². The first-order valence-electron chi connectivity index (χ1n) is 5.62. The number of nitrogens with zero attached hydrogens (tertiary/aromatic N) is 2. The molecule has 0 fully saturated rings. The lowest BCUT2D eigenvalue weighted by Crippen LogP contribution is -2.45. The molecule has 0 aliphatic rings. The van der Waals surface area contributed by atoms with Gasteiger partial charge in [-0.2, -0.15) is 0 Å². The summed E-state index contributed by atoms with van der Waals surface area (Å²) in [6.45, 7) is 4.09. The minimum Gasteiger partial charge on any atom is -0.344 e. The monoisotopic (exact) mass is 269 g/mol. The molecule has 0 radical (unpaired) electrons. The van der Waals surface area contributed by atoms with E-state index in [2.05, 4.69) is 10.3 Å². The van der Waals surface area contributed by atoms with Gasteiger partial charge < -0.3 is 10.2 Å². The number of aromatic nitrogens is 1. The Bertz CT molecular complexity index is 451. The summed E-state index contributed by atoms with van der Waals surface area (Å²) in [6.07, 6.45) is 2.87. The molecule has 0 saturated heterocycles. The zero-order valence-electron chi connectivity index (χ0n) is 10.6. The standard InChI is InChI=1S/C12H16ClN3O2/c1-4-16(3)12(18)8(2)15-11(17)9-7-14-6-5-10(9)13/h5-8H,4H2,1-3H3,(H,15,17). The van der Waals surface area contributed by atoms with Crippen LogP contribution >= 0.6 is 11.6 Å². The van der Waals surface area contributed by atoms with Gasteiger partial charge in [0.05, 0.1) is 10.6 Å². The summed E-state index contributed by atoms with van der Waals surface area (Å²) >= 11 is 5.88. The first-order chi connectivity index (χ1) is 8.47. The van der Waals surface area contributed by atoms with Gasteiger partial charge in [0.1, 0.15) is 6.04 Å². The molecule has 2 amide bonds. The predicted octanol–water partition coefficient (Wildman–Crippen LogP) is 1.33. The van der Waals surface area contributed by atoms with Gasteiger partial charge in [-0.1, -0.05) is 11.6 Å². The van der Waals surface area contributed by atoms with E-state index >= 15 is 0 Å². The lowest BCUT2D eigenvalue weighted by atomic mass is 10.2. The summed E-state index contributed by atoms with van der Waals surface area (Å²) in [5.74, 6) is -0.552. The number of carbonyl (C=O) groups is 2. The van der Waals surface area contributed by atoms with Gasteiger partial charge in [-0.3, -0.25) is 14.6 Å². The molecule has 0 spiro atoms. The summed E-state index contributed by atoms with van der Waals surface area (Å²) in [7, 11) is 1.68. The molecule has 6 heteroatoms. The van der Waals surface area contributed by atoms with Gasteiger partial charge in [0.2, 0.25) is 5.91 Å². The van der Waals surface area contributed by atoms with Crippen molar-refractivity contribution in [3.8, 4) is 0 Å². The Morgan fingerprint density at radius 1 is 1.56 bits per heavy atom. The molecular formula is C12H16ClN3O2. The molecule has 0 saturated carbocycles. The Balaban J connectivity index is 2.71. The number of amides is 2. The van der Waals surface area contributed by atoms with Gasteiger partial charge in [-0.05, 0) is 19.9 Å². The maximum atomic E-state index is 11.9. The molecule has 0 aromatic carbocycles. The third-order valence-corrected chi connectivity index (χ3v) is 2.91. The second kappa shape index (κ2) is 6.35. The maximum absolute atomic E-state index is 11.9. The molecule has 1 aromatic rings. The number of rotatable bonds is 4. The lowest BCUT2D eigenvalue weighted by molar-refractivity contribution is -0.131. The normalized spacial score (nSPS) is 11.8. The van der Waals surface area contributed by atoms with E-state index in [4.69, 9.17) is 11.6 Å². The highest BCUT2D eigenvalue weighted by Gasteiger charge is 2.20. The lowest BCUT2D eigenvalue weighted by Gasteiger charge is -2.20. The van der Waals surface area contributed by atoms with Crippen molar-refractivity contribution < 1.29 is 9.59 Å². The zero-order chi connectivity index (χ0) is 13.7. The Morgan fingerprint density at radius 3 is 2.78 bits per heavy atom. The van der Waals surface area contributed by atoms with E-state index in [-0.39, 0.29) is 11.5 Å². The topological polar surface area (TPSA) is 62.3 Å². The second-order valence-corrected chi connectivity index (χ2v) is 4.31. The largest absolute Gasteiger partial charge is 0.344 e. The van der Waals surface area contributed by atoms with Crippen molar-refractivity contribution in [2.24, 2.45) is 0 Å². The SMILES string of the molecule is CCN(C)C(=O)C(C)NC(=O)c1cnccc1Cl.